The lowest BCUT2D eigenvalue weighted by molar-refractivity contribution is -0.125. The molecule has 0 radical (unpaired) electrons. The maximum absolute atomic E-state index is 11.8. The van der Waals surface area contributed by atoms with E-state index in [1.54, 1.807) is 24.3 Å². The van der Waals surface area contributed by atoms with Crippen LogP contribution in [0.3, 0.4) is 0 Å². The predicted octanol–water partition coefficient (Wildman–Crippen LogP) is 2.92. The van der Waals surface area contributed by atoms with Crippen LogP contribution >= 0.6 is 0 Å². The molecule has 0 saturated carbocycles. The van der Waals surface area contributed by atoms with E-state index < -0.39 is 11.8 Å². The average molecular weight is 246 g/mol. The summed E-state index contributed by atoms with van der Waals surface area (Å²) in [6.07, 6.45) is 2.98. The molecule has 94 valence electrons. The molecule has 0 aliphatic carbocycles. The van der Waals surface area contributed by atoms with Gasteiger partial charge in [-0.1, -0.05) is 0 Å². The Morgan fingerprint density at radius 3 is 1.50 bits per heavy atom. The molecule has 0 spiro atoms. The van der Waals surface area contributed by atoms with Crippen molar-refractivity contribution in [3.63, 3.8) is 0 Å². The number of hydrogen-bond donors (Lipinski definition) is 0. The van der Waals surface area contributed by atoms with Crippen molar-refractivity contribution in [1.29, 1.82) is 0 Å². The molecule has 0 fully saturated rings. The highest BCUT2D eigenvalue weighted by Crippen LogP contribution is 2.35. The predicted molar refractivity (Wildman–Crippen MR) is 64.3 cm³/mol. The molecule has 2 atom stereocenters. The van der Waals surface area contributed by atoms with E-state index >= 15 is 0 Å². The van der Waals surface area contributed by atoms with Crippen LogP contribution in [0.1, 0.15) is 37.2 Å². The molecular weight excluding hydrogens is 232 g/mol. The highest BCUT2D eigenvalue weighted by molar-refractivity contribution is 5.93. The van der Waals surface area contributed by atoms with Gasteiger partial charge in [0.1, 0.15) is 23.1 Å². The summed E-state index contributed by atoms with van der Waals surface area (Å²) in [5.41, 5.74) is 0. The first-order valence-electron chi connectivity index (χ1n) is 5.69. The van der Waals surface area contributed by atoms with Gasteiger partial charge in [-0.3, -0.25) is 9.59 Å². The Morgan fingerprint density at radius 1 is 0.889 bits per heavy atom. The van der Waals surface area contributed by atoms with Gasteiger partial charge in [0.25, 0.3) is 0 Å². The van der Waals surface area contributed by atoms with Crippen molar-refractivity contribution in [2.45, 2.75) is 25.7 Å². The second kappa shape index (κ2) is 5.04. The van der Waals surface area contributed by atoms with Crippen LogP contribution < -0.4 is 0 Å². The van der Waals surface area contributed by atoms with Crippen LogP contribution in [-0.2, 0) is 9.59 Å². The standard InChI is InChI=1S/C14H14O4/c1-9(15)13(11-5-3-7-17-11)14(10(2)16)12-6-4-8-18-12/h3-8,13-14H,1-2H3/t13-,14-/m1/s1. The molecular formula is C14H14O4. The van der Waals surface area contributed by atoms with Gasteiger partial charge in [0.05, 0.1) is 24.4 Å². The minimum absolute atomic E-state index is 0.124. The van der Waals surface area contributed by atoms with Crippen molar-refractivity contribution in [1.82, 2.24) is 0 Å². The van der Waals surface area contributed by atoms with E-state index in [4.69, 9.17) is 8.83 Å². The minimum Gasteiger partial charge on any atom is -0.469 e. The summed E-state index contributed by atoms with van der Waals surface area (Å²) < 4.78 is 10.5. The molecule has 0 unspecified atom stereocenters. The summed E-state index contributed by atoms with van der Waals surface area (Å²) in [6.45, 7) is 2.90. The van der Waals surface area contributed by atoms with E-state index in [2.05, 4.69) is 0 Å². The third kappa shape index (κ3) is 2.27. The van der Waals surface area contributed by atoms with Crippen LogP contribution in [0.2, 0.25) is 0 Å². The number of Topliss-reactive ketones (excluding diaryl/α,β-unsaturated/α-hetero) is 2. The molecule has 0 bridgehead atoms. The van der Waals surface area contributed by atoms with Gasteiger partial charge in [-0.2, -0.15) is 0 Å². The van der Waals surface area contributed by atoms with Crippen LogP contribution in [0.25, 0.3) is 0 Å². The molecule has 2 aromatic rings. The first-order valence-corrected chi connectivity index (χ1v) is 5.69. The number of rotatable bonds is 5. The fourth-order valence-electron chi connectivity index (χ4n) is 2.14. The third-order valence-corrected chi connectivity index (χ3v) is 2.91. The van der Waals surface area contributed by atoms with Crippen molar-refractivity contribution in [3.8, 4) is 0 Å². The largest absolute Gasteiger partial charge is 0.469 e. The van der Waals surface area contributed by atoms with Crippen molar-refractivity contribution >= 4 is 11.6 Å². The van der Waals surface area contributed by atoms with Crippen molar-refractivity contribution in [3.05, 3.63) is 48.3 Å². The maximum atomic E-state index is 11.8. The summed E-state index contributed by atoms with van der Waals surface area (Å²) in [4.78, 5) is 23.7. The second-order valence-corrected chi connectivity index (χ2v) is 4.21. The van der Waals surface area contributed by atoms with E-state index in [0.717, 1.165) is 0 Å². The number of ketones is 2. The normalized spacial score (nSPS) is 14.1. The van der Waals surface area contributed by atoms with Crippen LogP contribution in [0, 0.1) is 0 Å². The zero-order valence-electron chi connectivity index (χ0n) is 10.3. The number of carbonyl (C=O) groups excluding carboxylic acids is 2. The van der Waals surface area contributed by atoms with E-state index in [1.165, 1.54) is 26.4 Å². The molecule has 2 aromatic heterocycles. The summed E-state index contributed by atoms with van der Waals surface area (Å²) in [7, 11) is 0. The van der Waals surface area contributed by atoms with Crippen molar-refractivity contribution < 1.29 is 18.4 Å². The first-order chi connectivity index (χ1) is 8.61. The molecule has 0 aliphatic rings. The van der Waals surface area contributed by atoms with Gasteiger partial charge in [0.15, 0.2) is 0 Å². The van der Waals surface area contributed by atoms with Gasteiger partial charge in [-0.25, -0.2) is 0 Å². The molecule has 0 aliphatic heterocycles. The highest BCUT2D eigenvalue weighted by atomic mass is 16.3. The average Bonchev–Trinajstić information content (AvgIpc) is 2.97. The summed E-state index contributed by atoms with van der Waals surface area (Å²) in [5, 5.41) is 0. The maximum Gasteiger partial charge on any atom is 0.141 e. The molecule has 0 amide bonds. The van der Waals surface area contributed by atoms with Gasteiger partial charge in [-0.05, 0) is 38.1 Å². The number of hydrogen-bond acceptors (Lipinski definition) is 4. The lowest BCUT2D eigenvalue weighted by Crippen LogP contribution is -2.23. The fourth-order valence-corrected chi connectivity index (χ4v) is 2.14. The van der Waals surface area contributed by atoms with Crippen LogP contribution in [-0.4, -0.2) is 11.6 Å². The van der Waals surface area contributed by atoms with Gasteiger partial charge >= 0.3 is 0 Å². The molecule has 4 nitrogen and oxygen atoms in total. The third-order valence-electron chi connectivity index (χ3n) is 2.91. The Hall–Kier alpha value is -2.10. The van der Waals surface area contributed by atoms with Crippen molar-refractivity contribution in [2.24, 2.45) is 0 Å². The Labute approximate surface area is 105 Å². The van der Waals surface area contributed by atoms with E-state index in [-0.39, 0.29) is 11.6 Å². The van der Waals surface area contributed by atoms with Crippen LogP contribution in [0.15, 0.2) is 45.6 Å². The van der Waals surface area contributed by atoms with Gasteiger partial charge < -0.3 is 8.83 Å². The highest BCUT2D eigenvalue weighted by Gasteiger charge is 2.35. The molecule has 0 aromatic carbocycles. The zero-order valence-corrected chi connectivity index (χ0v) is 10.3. The molecule has 18 heavy (non-hydrogen) atoms. The Morgan fingerprint density at radius 2 is 1.28 bits per heavy atom. The summed E-state index contributed by atoms with van der Waals surface area (Å²) in [6, 6.07) is 6.80. The molecule has 4 heteroatoms. The van der Waals surface area contributed by atoms with Gasteiger partial charge in [-0.15, -0.1) is 0 Å². The monoisotopic (exact) mass is 246 g/mol. The number of carbonyl (C=O) groups is 2. The minimum atomic E-state index is -0.636. The SMILES string of the molecule is CC(=O)[C@H](c1ccco1)[C@H](C(C)=O)c1ccco1. The van der Waals surface area contributed by atoms with Crippen LogP contribution in [0.4, 0.5) is 0 Å². The summed E-state index contributed by atoms with van der Waals surface area (Å²) >= 11 is 0. The quantitative estimate of drug-likeness (QED) is 0.813. The summed E-state index contributed by atoms with van der Waals surface area (Å²) in [5.74, 6) is -0.548. The number of furan rings is 2. The smallest absolute Gasteiger partial charge is 0.141 e. The van der Waals surface area contributed by atoms with E-state index in [0.29, 0.717) is 11.5 Å². The zero-order chi connectivity index (χ0) is 13.1. The fraction of sp³-hybridized carbons (Fsp3) is 0.286. The Balaban J connectivity index is 2.45. The molecule has 0 saturated heterocycles. The molecule has 2 rings (SSSR count). The van der Waals surface area contributed by atoms with Gasteiger partial charge in [0.2, 0.25) is 0 Å². The lowest BCUT2D eigenvalue weighted by Gasteiger charge is -2.19. The van der Waals surface area contributed by atoms with Crippen LogP contribution in [0.5, 0.6) is 0 Å². The van der Waals surface area contributed by atoms with E-state index in [9.17, 15) is 9.59 Å². The van der Waals surface area contributed by atoms with Crippen molar-refractivity contribution in [2.75, 3.05) is 0 Å². The van der Waals surface area contributed by atoms with Gasteiger partial charge in [0, 0.05) is 0 Å². The first kappa shape index (κ1) is 12.4. The topological polar surface area (TPSA) is 60.4 Å². The molecule has 2 heterocycles. The Kier molecular flexibility index (Phi) is 3.46. The Bertz CT molecular complexity index is 472. The lowest BCUT2D eigenvalue weighted by atomic mass is 9.83. The second-order valence-electron chi connectivity index (χ2n) is 4.21. The van der Waals surface area contributed by atoms with E-state index in [1.807, 2.05) is 0 Å². The molecule has 0 N–H and O–H groups in total.